The number of hydrogen-bond acceptors (Lipinski definition) is 1. The number of rotatable bonds is 5. The summed E-state index contributed by atoms with van der Waals surface area (Å²) in [6, 6.07) is 0. The van der Waals surface area contributed by atoms with E-state index >= 15 is 0 Å². The fourth-order valence-corrected chi connectivity index (χ4v) is 0.590. The number of allylic oxidation sites excluding steroid dienone is 9. The van der Waals surface area contributed by atoms with Crippen molar-refractivity contribution in [3.8, 4) is 0 Å². The van der Waals surface area contributed by atoms with E-state index in [2.05, 4.69) is 6.58 Å². The van der Waals surface area contributed by atoms with Gasteiger partial charge in [-0.2, -0.15) is 0 Å². The van der Waals surface area contributed by atoms with Gasteiger partial charge in [0.05, 0.1) is 0 Å². The fraction of sp³-hybridized carbons (Fsp3) is 0.0833. The molecule has 0 N–H and O–H groups in total. The van der Waals surface area contributed by atoms with Gasteiger partial charge in [-0.15, -0.1) is 0 Å². The molecule has 0 aliphatic rings. The summed E-state index contributed by atoms with van der Waals surface area (Å²) in [6.45, 7) is 5.06. The van der Waals surface area contributed by atoms with Gasteiger partial charge in [0.15, 0.2) is 5.78 Å². The summed E-state index contributed by atoms with van der Waals surface area (Å²) in [7, 11) is 0. The van der Waals surface area contributed by atoms with Gasteiger partial charge in [-0.25, -0.2) is 0 Å². The molecular formula is C12H14O. The van der Waals surface area contributed by atoms with Crippen molar-refractivity contribution in [3.05, 3.63) is 61.3 Å². The van der Waals surface area contributed by atoms with Crippen molar-refractivity contribution in [2.45, 2.75) is 6.92 Å². The Kier molecular flexibility index (Phi) is 7.40. The van der Waals surface area contributed by atoms with Crippen LogP contribution in [0.1, 0.15) is 6.92 Å². The van der Waals surface area contributed by atoms with E-state index in [-0.39, 0.29) is 5.78 Å². The zero-order chi connectivity index (χ0) is 9.94. The van der Waals surface area contributed by atoms with Crippen molar-refractivity contribution in [3.63, 3.8) is 0 Å². The molecule has 0 heterocycles. The Hall–Kier alpha value is -1.63. The second kappa shape index (κ2) is 8.47. The Morgan fingerprint density at radius 3 is 1.85 bits per heavy atom. The highest BCUT2D eigenvalue weighted by Gasteiger charge is 1.75. The third-order valence-electron chi connectivity index (χ3n) is 1.13. The number of carbonyl (C=O) groups is 1. The van der Waals surface area contributed by atoms with E-state index in [0.717, 1.165) is 0 Å². The minimum absolute atomic E-state index is 0.0557. The second-order valence-corrected chi connectivity index (χ2v) is 2.36. The SMILES string of the molecule is C=CC=CC=CC=CC=CC(C)=O. The molecule has 1 nitrogen and oxygen atoms in total. The van der Waals surface area contributed by atoms with Crippen LogP contribution < -0.4 is 0 Å². The lowest BCUT2D eigenvalue weighted by Crippen LogP contribution is -1.77. The van der Waals surface area contributed by atoms with Crippen LogP contribution in [0, 0.1) is 0 Å². The van der Waals surface area contributed by atoms with Crippen LogP contribution in [-0.2, 0) is 4.79 Å². The standard InChI is InChI=1S/C12H14O/c1-3-4-5-6-7-8-9-10-11-12(2)13/h3-11H,1H2,2H3. The van der Waals surface area contributed by atoms with E-state index in [1.54, 1.807) is 18.2 Å². The molecular weight excluding hydrogens is 160 g/mol. The van der Waals surface area contributed by atoms with Gasteiger partial charge in [0, 0.05) is 0 Å². The summed E-state index contributed by atoms with van der Waals surface area (Å²) in [6.07, 6.45) is 16.1. The van der Waals surface area contributed by atoms with Crippen molar-refractivity contribution >= 4 is 5.78 Å². The van der Waals surface area contributed by atoms with Crippen LogP contribution >= 0.6 is 0 Å². The maximum atomic E-state index is 10.5. The summed E-state index contributed by atoms with van der Waals surface area (Å²) in [4.78, 5) is 10.5. The summed E-state index contributed by atoms with van der Waals surface area (Å²) in [5.74, 6) is 0.0557. The molecule has 0 aromatic rings. The average molecular weight is 174 g/mol. The van der Waals surface area contributed by atoms with E-state index in [9.17, 15) is 4.79 Å². The van der Waals surface area contributed by atoms with Crippen LogP contribution in [0.15, 0.2) is 61.3 Å². The zero-order valence-corrected chi connectivity index (χ0v) is 7.81. The molecule has 0 aromatic carbocycles. The smallest absolute Gasteiger partial charge is 0.152 e. The van der Waals surface area contributed by atoms with E-state index in [4.69, 9.17) is 0 Å². The van der Waals surface area contributed by atoms with Crippen LogP contribution in [0.25, 0.3) is 0 Å². The normalized spacial score (nSPS) is 12.4. The Morgan fingerprint density at radius 2 is 1.38 bits per heavy atom. The highest BCUT2D eigenvalue weighted by molar-refractivity contribution is 5.87. The van der Waals surface area contributed by atoms with Gasteiger partial charge < -0.3 is 0 Å². The first-order chi connectivity index (χ1) is 6.27. The Morgan fingerprint density at radius 1 is 0.923 bits per heavy atom. The molecule has 68 valence electrons. The Bertz CT molecular complexity index is 265. The lowest BCUT2D eigenvalue weighted by molar-refractivity contribution is -0.112. The minimum atomic E-state index is 0.0557. The van der Waals surface area contributed by atoms with Crippen LogP contribution in [0.5, 0.6) is 0 Å². The van der Waals surface area contributed by atoms with E-state index in [0.29, 0.717) is 0 Å². The van der Waals surface area contributed by atoms with Gasteiger partial charge in [-0.05, 0) is 13.0 Å². The molecule has 0 aliphatic carbocycles. The highest BCUT2D eigenvalue weighted by Crippen LogP contribution is 1.83. The van der Waals surface area contributed by atoms with Gasteiger partial charge in [0.1, 0.15) is 0 Å². The summed E-state index contributed by atoms with van der Waals surface area (Å²) in [5.41, 5.74) is 0. The van der Waals surface area contributed by atoms with E-state index < -0.39 is 0 Å². The van der Waals surface area contributed by atoms with E-state index in [1.807, 2.05) is 30.4 Å². The van der Waals surface area contributed by atoms with Crippen LogP contribution in [0.4, 0.5) is 0 Å². The first-order valence-corrected chi connectivity index (χ1v) is 4.07. The highest BCUT2D eigenvalue weighted by atomic mass is 16.1. The topological polar surface area (TPSA) is 17.1 Å². The summed E-state index contributed by atoms with van der Waals surface area (Å²) >= 11 is 0. The van der Waals surface area contributed by atoms with Crippen molar-refractivity contribution in [2.24, 2.45) is 0 Å². The third kappa shape index (κ3) is 10.4. The molecule has 0 amide bonds. The number of carbonyl (C=O) groups excluding carboxylic acids is 1. The predicted octanol–water partition coefficient (Wildman–Crippen LogP) is 2.99. The van der Waals surface area contributed by atoms with Gasteiger partial charge in [-0.1, -0.05) is 55.2 Å². The van der Waals surface area contributed by atoms with Crippen molar-refractivity contribution < 1.29 is 4.79 Å². The summed E-state index contributed by atoms with van der Waals surface area (Å²) < 4.78 is 0. The zero-order valence-electron chi connectivity index (χ0n) is 7.81. The largest absolute Gasteiger partial charge is 0.295 e. The molecule has 1 heteroatoms. The third-order valence-corrected chi connectivity index (χ3v) is 1.13. The summed E-state index contributed by atoms with van der Waals surface area (Å²) in [5, 5.41) is 0. The maximum absolute atomic E-state index is 10.5. The van der Waals surface area contributed by atoms with Gasteiger partial charge in [0.2, 0.25) is 0 Å². The molecule has 0 radical (unpaired) electrons. The average Bonchev–Trinajstić information content (AvgIpc) is 2.09. The first kappa shape index (κ1) is 11.4. The monoisotopic (exact) mass is 174 g/mol. The van der Waals surface area contributed by atoms with Crippen molar-refractivity contribution in [2.75, 3.05) is 0 Å². The first-order valence-electron chi connectivity index (χ1n) is 4.07. The molecule has 0 rings (SSSR count). The fourth-order valence-electron chi connectivity index (χ4n) is 0.590. The van der Waals surface area contributed by atoms with Crippen molar-refractivity contribution in [1.29, 1.82) is 0 Å². The molecule has 0 atom stereocenters. The van der Waals surface area contributed by atoms with Crippen LogP contribution in [0.2, 0.25) is 0 Å². The minimum Gasteiger partial charge on any atom is -0.295 e. The molecule has 0 saturated heterocycles. The molecule has 0 bridgehead atoms. The number of ketones is 1. The molecule has 0 unspecified atom stereocenters. The van der Waals surface area contributed by atoms with Crippen molar-refractivity contribution in [1.82, 2.24) is 0 Å². The molecule has 0 fully saturated rings. The Labute approximate surface area is 79.5 Å². The van der Waals surface area contributed by atoms with E-state index in [1.165, 1.54) is 13.0 Å². The van der Waals surface area contributed by atoms with Crippen LogP contribution in [0.3, 0.4) is 0 Å². The lowest BCUT2D eigenvalue weighted by atomic mass is 10.3. The van der Waals surface area contributed by atoms with Gasteiger partial charge in [-0.3, -0.25) is 4.79 Å². The predicted molar refractivity (Wildman–Crippen MR) is 57.4 cm³/mol. The number of hydrogen-bond donors (Lipinski definition) is 0. The molecule has 0 saturated carbocycles. The van der Waals surface area contributed by atoms with Gasteiger partial charge in [0.25, 0.3) is 0 Å². The quantitative estimate of drug-likeness (QED) is 0.462. The molecule has 0 spiro atoms. The Balaban J connectivity index is 3.75. The molecule has 0 aromatic heterocycles. The molecule has 13 heavy (non-hydrogen) atoms. The lowest BCUT2D eigenvalue weighted by Gasteiger charge is -1.75. The molecule has 0 aliphatic heterocycles. The van der Waals surface area contributed by atoms with Gasteiger partial charge >= 0.3 is 0 Å². The maximum Gasteiger partial charge on any atom is 0.152 e. The second-order valence-electron chi connectivity index (χ2n) is 2.36. The van der Waals surface area contributed by atoms with Crippen LogP contribution in [-0.4, -0.2) is 5.78 Å².